The van der Waals surface area contributed by atoms with E-state index in [1.165, 1.54) is 101 Å². The van der Waals surface area contributed by atoms with Crippen LogP contribution in [-0.4, -0.2) is 56.1 Å². The number of alkyl carbamates (subject to hydrolysis) is 1. The van der Waals surface area contributed by atoms with Crippen LogP contribution < -0.4 is 10.2 Å². The SMILES string of the molecule is CCCCCCCCCCCCCCCCCCN(C=O)c1cc([N+](=O)[O-])ccc1COC(=O)NCCCCN(C)C. The monoisotopic (exact) mass is 590 g/mol. The topological polar surface area (TPSA) is 105 Å². The zero-order chi connectivity index (χ0) is 30.8. The minimum absolute atomic E-state index is 0.0693. The number of nitro groups is 1. The first-order valence-corrected chi connectivity index (χ1v) is 16.4. The summed E-state index contributed by atoms with van der Waals surface area (Å²) >= 11 is 0. The molecule has 0 atom stereocenters. The Kier molecular flexibility index (Phi) is 22.1. The Morgan fingerprint density at radius 1 is 0.833 bits per heavy atom. The van der Waals surface area contributed by atoms with E-state index < -0.39 is 11.0 Å². The molecule has 0 aromatic heterocycles. The summed E-state index contributed by atoms with van der Waals surface area (Å²) in [6.45, 7) is 4.12. The van der Waals surface area contributed by atoms with Crippen molar-refractivity contribution in [1.82, 2.24) is 10.2 Å². The summed E-state index contributed by atoms with van der Waals surface area (Å²) in [5.41, 5.74) is 0.879. The normalized spacial score (nSPS) is 11.0. The zero-order valence-electron chi connectivity index (χ0n) is 26.7. The molecule has 0 aliphatic heterocycles. The average molecular weight is 591 g/mol. The predicted octanol–water partition coefficient (Wildman–Crippen LogP) is 8.39. The number of amides is 2. The van der Waals surface area contributed by atoms with Crippen LogP contribution in [0.4, 0.5) is 16.2 Å². The van der Waals surface area contributed by atoms with Crippen molar-refractivity contribution in [3.05, 3.63) is 33.9 Å². The Morgan fingerprint density at radius 2 is 1.36 bits per heavy atom. The Labute approximate surface area is 254 Å². The maximum Gasteiger partial charge on any atom is 0.407 e. The predicted molar refractivity (Wildman–Crippen MR) is 172 cm³/mol. The molecule has 1 rings (SSSR count). The van der Waals surface area contributed by atoms with Crippen LogP contribution >= 0.6 is 0 Å². The van der Waals surface area contributed by atoms with Crippen molar-refractivity contribution in [1.29, 1.82) is 0 Å². The molecule has 1 N–H and O–H groups in total. The van der Waals surface area contributed by atoms with Gasteiger partial charge in [-0.3, -0.25) is 14.9 Å². The zero-order valence-corrected chi connectivity index (χ0v) is 26.7. The van der Waals surface area contributed by atoms with Crippen molar-refractivity contribution in [2.24, 2.45) is 0 Å². The fourth-order valence-electron chi connectivity index (χ4n) is 5.05. The van der Waals surface area contributed by atoms with Gasteiger partial charge in [0.1, 0.15) is 6.61 Å². The molecule has 9 nitrogen and oxygen atoms in total. The van der Waals surface area contributed by atoms with E-state index in [1.807, 2.05) is 14.1 Å². The van der Waals surface area contributed by atoms with Crippen LogP contribution in [0.2, 0.25) is 0 Å². The number of nitrogens with one attached hydrogen (secondary N) is 1. The standard InChI is InChI=1S/C33H58N4O5/c1-4-5-6-7-8-9-10-11-12-13-14-15-16-17-18-20-26-36(29-38)32-27-31(37(40)41)23-22-30(32)28-42-33(39)34-24-19-21-25-35(2)3/h22-23,27,29H,4-21,24-26,28H2,1-3H3,(H,34,39). The first-order chi connectivity index (χ1) is 20.4. The number of ether oxygens (including phenoxy) is 1. The molecule has 0 bridgehead atoms. The molecule has 1 aromatic rings. The van der Waals surface area contributed by atoms with Crippen molar-refractivity contribution in [3.63, 3.8) is 0 Å². The summed E-state index contributed by atoms with van der Waals surface area (Å²) in [7, 11) is 4.01. The second-order valence-corrected chi connectivity index (χ2v) is 11.7. The quantitative estimate of drug-likeness (QED) is 0.0477. The van der Waals surface area contributed by atoms with Crippen LogP contribution in [-0.2, 0) is 16.1 Å². The van der Waals surface area contributed by atoms with Gasteiger partial charge in [0.15, 0.2) is 0 Å². The lowest BCUT2D eigenvalue weighted by Gasteiger charge is -2.21. The molecule has 0 unspecified atom stereocenters. The van der Waals surface area contributed by atoms with Crippen LogP contribution in [0.15, 0.2) is 18.2 Å². The minimum atomic E-state index is -0.542. The van der Waals surface area contributed by atoms with E-state index in [2.05, 4.69) is 17.1 Å². The third-order valence-electron chi connectivity index (χ3n) is 7.63. The highest BCUT2D eigenvalue weighted by atomic mass is 16.6. The third-order valence-corrected chi connectivity index (χ3v) is 7.63. The van der Waals surface area contributed by atoms with E-state index >= 15 is 0 Å². The van der Waals surface area contributed by atoms with Gasteiger partial charge >= 0.3 is 6.09 Å². The molecular formula is C33H58N4O5. The summed E-state index contributed by atoms with van der Waals surface area (Å²) < 4.78 is 5.35. The Bertz CT molecular complexity index is 865. The van der Waals surface area contributed by atoms with Crippen LogP contribution in [0.3, 0.4) is 0 Å². The van der Waals surface area contributed by atoms with Gasteiger partial charge in [-0.1, -0.05) is 103 Å². The maximum atomic E-state index is 12.1. The van der Waals surface area contributed by atoms with E-state index in [0.717, 1.165) is 38.6 Å². The summed E-state index contributed by atoms with van der Waals surface area (Å²) in [5, 5.41) is 14.1. The Morgan fingerprint density at radius 3 is 1.86 bits per heavy atom. The van der Waals surface area contributed by atoms with Crippen molar-refractivity contribution in [3.8, 4) is 0 Å². The van der Waals surface area contributed by atoms with Gasteiger partial charge in [-0.15, -0.1) is 0 Å². The average Bonchev–Trinajstić information content (AvgIpc) is 2.97. The molecule has 0 fully saturated rings. The van der Waals surface area contributed by atoms with Crippen LogP contribution in [0, 0.1) is 10.1 Å². The summed E-state index contributed by atoms with van der Waals surface area (Å²) in [6.07, 6.45) is 22.3. The van der Waals surface area contributed by atoms with E-state index in [-0.39, 0.29) is 12.3 Å². The van der Waals surface area contributed by atoms with Gasteiger partial charge < -0.3 is 19.9 Å². The highest BCUT2D eigenvalue weighted by Crippen LogP contribution is 2.27. The van der Waals surface area contributed by atoms with Gasteiger partial charge in [-0.2, -0.15) is 0 Å². The molecule has 0 radical (unpaired) electrons. The van der Waals surface area contributed by atoms with E-state index in [1.54, 1.807) is 6.07 Å². The number of anilines is 1. The van der Waals surface area contributed by atoms with Gasteiger partial charge in [0, 0.05) is 30.8 Å². The molecule has 9 heteroatoms. The smallest absolute Gasteiger partial charge is 0.407 e. The van der Waals surface area contributed by atoms with Crippen molar-refractivity contribution in [2.45, 2.75) is 129 Å². The maximum absolute atomic E-state index is 12.1. The number of benzene rings is 1. The fourth-order valence-corrected chi connectivity index (χ4v) is 5.05. The van der Waals surface area contributed by atoms with Crippen LogP contribution in [0.25, 0.3) is 0 Å². The van der Waals surface area contributed by atoms with Crippen molar-refractivity contribution >= 4 is 23.9 Å². The number of hydrogen-bond donors (Lipinski definition) is 1. The summed E-state index contributed by atoms with van der Waals surface area (Å²) in [4.78, 5) is 38.6. The van der Waals surface area contributed by atoms with Crippen molar-refractivity contribution in [2.75, 3.05) is 38.6 Å². The lowest BCUT2D eigenvalue weighted by atomic mass is 10.0. The lowest BCUT2D eigenvalue weighted by Crippen LogP contribution is -2.27. The fraction of sp³-hybridized carbons (Fsp3) is 0.758. The molecular weight excluding hydrogens is 532 g/mol. The first kappa shape index (κ1) is 37.3. The minimum Gasteiger partial charge on any atom is -0.445 e. The highest BCUT2D eigenvalue weighted by Gasteiger charge is 2.17. The number of carbonyl (C=O) groups excluding carboxylic acids is 2. The first-order valence-electron chi connectivity index (χ1n) is 16.4. The molecule has 2 amide bonds. The number of nitrogens with zero attached hydrogens (tertiary/aromatic N) is 3. The van der Waals surface area contributed by atoms with Gasteiger partial charge in [-0.25, -0.2) is 4.79 Å². The second-order valence-electron chi connectivity index (χ2n) is 11.7. The van der Waals surface area contributed by atoms with E-state index in [4.69, 9.17) is 4.74 Å². The Hall–Kier alpha value is -2.68. The number of carbonyl (C=O) groups is 2. The van der Waals surface area contributed by atoms with Gasteiger partial charge in [-0.05, 0) is 46.0 Å². The number of rotatable bonds is 27. The number of unbranched alkanes of at least 4 members (excludes halogenated alkanes) is 16. The van der Waals surface area contributed by atoms with Crippen LogP contribution in [0.1, 0.15) is 128 Å². The molecule has 0 aliphatic carbocycles. The molecule has 0 spiro atoms. The largest absolute Gasteiger partial charge is 0.445 e. The van der Waals surface area contributed by atoms with Gasteiger partial charge in [0.25, 0.3) is 5.69 Å². The van der Waals surface area contributed by atoms with Crippen molar-refractivity contribution < 1.29 is 19.2 Å². The molecule has 0 saturated heterocycles. The molecule has 0 heterocycles. The van der Waals surface area contributed by atoms with Crippen LogP contribution in [0.5, 0.6) is 0 Å². The molecule has 1 aromatic carbocycles. The molecule has 42 heavy (non-hydrogen) atoms. The third kappa shape index (κ3) is 18.7. The molecule has 0 aliphatic rings. The number of non-ortho nitro benzene ring substituents is 1. The highest BCUT2D eigenvalue weighted by molar-refractivity contribution is 5.78. The van der Waals surface area contributed by atoms with Gasteiger partial charge in [0.05, 0.1) is 10.6 Å². The van der Waals surface area contributed by atoms with Gasteiger partial charge in [0.2, 0.25) is 6.41 Å². The summed E-state index contributed by atoms with van der Waals surface area (Å²) in [5.74, 6) is 0. The molecule has 240 valence electrons. The van der Waals surface area contributed by atoms with E-state index in [9.17, 15) is 19.7 Å². The molecule has 0 saturated carbocycles. The summed E-state index contributed by atoms with van der Waals surface area (Å²) in [6, 6.07) is 4.32. The lowest BCUT2D eigenvalue weighted by molar-refractivity contribution is -0.384. The second kappa shape index (κ2) is 24.9. The number of hydrogen-bond acceptors (Lipinski definition) is 6. The number of nitro benzene ring substituents is 1. The Balaban J connectivity index is 2.33. The van der Waals surface area contributed by atoms with E-state index in [0.29, 0.717) is 30.8 Å².